The van der Waals surface area contributed by atoms with Crippen molar-refractivity contribution in [1.82, 2.24) is 4.90 Å². The summed E-state index contributed by atoms with van der Waals surface area (Å²) in [5.41, 5.74) is 7.72. The van der Waals surface area contributed by atoms with Gasteiger partial charge >= 0.3 is 6.09 Å². The van der Waals surface area contributed by atoms with Crippen LogP contribution in [0.2, 0.25) is 0 Å². The van der Waals surface area contributed by atoms with E-state index in [4.69, 9.17) is 15.9 Å². The van der Waals surface area contributed by atoms with E-state index < -0.39 is 5.60 Å². The van der Waals surface area contributed by atoms with E-state index in [-0.39, 0.29) is 6.09 Å². The van der Waals surface area contributed by atoms with Crippen LogP contribution in [0.4, 0.5) is 16.2 Å². The van der Waals surface area contributed by atoms with Crippen LogP contribution in [0.15, 0.2) is 18.2 Å². The fourth-order valence-electron chi connectivity index (χ4n) is 2.46. The average Bonchev–Trinajstić information content (AvgIpc) is 2.45. The molecule has 2 rings (SSSR count). The molecule has 1 aliphatic rings. The topological polar surface area (TPSA) is 82.7 Å². The largest absolute Gasteiger partial charge is 0.444 e. The number of carbonyl (C=O) groups excluding carboxylic acids is 1. The number of rotatable bonds is 2. The molecule has 1 aromatic carbocycles. The molecule has 0 aromatic heterocycles. The number of hydrogen-bond acceptors (Lipinski definition) is 5. The lowest BCUT2D eigenvalue weighted by Crippen LogP contribution is -2.50. The van der Waals surface area contributed by atoms with E-state index in [9.17, 15) is 4.79 Å². The van der Waals surface area contributed by atoms with Crippen molar-refractivity contribution in [2.24, 2.45) is 0 Å². The molecule has 0 bridgehead atoms. The zero-order valence-electron chi connectivity index (χ0n) is 13.4. The number of nitrogens with two attached hydrogens (primary N) is 1. The number of ether oxygens (including phenoxy) is 1. The van der Waals surface area contributed by atoms with Crippen LogP contribution in [0.3, 0.4) is 0 Å². The molecular formula is C16H24N4O2. The number of nitrogens with zero attached hydrogens (tertiary/aromatic N) is 2. The van der Waals surface area contributed by atoms with E-state index in [1.165, 1.54) is 6.21 Å². The quantitative estimate of drug-likeness (QED) is 0.649. The van der Waals surface area contributed by atoms with Crippen molar-refractivity contribution in [3.8, 4) is 0 Å². The summed E-state index contributed by atoms with van der Waals surface area (Å²) in [5, 5.41) is 7.53. The lowest BCUT2D eigenvalue weighted by Gasteiger charge is -2.37. The van der Waals surface area contributed by atoms with Gasteiger partial charge in [-0.2, -0.15) is 0 Å². The van der Waals surface area contributed by atoms with Crippen molar-refractivity contribution in [1.29, 1.82) is 5.41 Å². The van der Waals surface area contributed by atoms with Gasteiger partial charge < -0.3 is 25.7 Å². The van der Waals surface area contributed by atoms with Gasteiger partial charge in [0.25, 0.3) is 0 Å². The Morgan fingerprint density at radius 2 is 1.91 bits per heavy atom. The Morgan fingerprint density at radius 1 is 1.27 bits per heavy atom. The fraction of sp³-hybridized carbons (Fsp3) is 0.500. The number of nitrogens with one attached hydrogen (secondary N) is 1. The molecule has 0 aliphatic carbocycles. The summed E-state index contributed by atoms with van der Waals surface area (Å²) >= 11 is 0. The van der Waals surface area contributed by atoms with E-state index >= 15 is 0 Å². The summed E-state index contributed by atoms with van der Waals surface area (Å²) in [6.45, 7) is 8.19. The molecular weight excluding hydrogens is 280 g/mol. The SMILES string of the molecule is CC(C)(C)OC(=O)N1CCN(c2cccc(N)c2C=N)CC1. The minimum absolute atomic E-state index is 0.271. The first kappa shape index (κ1) is 16.1. The van der Waals surface area contributed by atoms with Gasteiger partial charge in [-0.05, 0) is 32.9 Å². The Labute approximate surface area is 131 Å². The van der Waals surface area contributed by atoms with Crippen molar-refractivity contribution in [2.45, 2.75) is 26.4 Å². The molecule has 1 saturated heterocycles. The van der Waals surface area contributed by atoms with Crippen LogP contribution in [-0.4, -0.2) is 49.0 Å². The van der Waals surface area contributed by atoms with Gasteiger partial charge in [-0.3, -0.25) is 0 Å². The number of nitrogen functional groups attached to an aromatic ring is 1. The van der Waals surface area contributed by atoms with Crippen molar-refractivity contribution in [2.75, 3.05) is 36.8 Å². The Hall–Kier alpha value is -2.24. The Kier molecular flexibility index (Phi) is 4.59. The van der Waals surface area contributed by atoms with Crippen LogP contribution in [0, 0.1) is 5.41 Å². The van der Waals surface area contributed by atoms with Crippen LogP contribution in [0.25, 0.3) is 0 Å². The second kappa shape index (κ2) is 6.25. The molecule has 1 fully saturated rings. The summed E-state index contributed by atoms with van der Waals surface area (Å²) in [7, 11) is 0. The first-order chi connectivity index (χ1) is 10.3. The molecule has 1 aromatic rings. The minimum atomic E-state index is -0.477. The van der Waals surface area contributed by atoms with Gasteiger partial charge in [-0.25, -0.2) is 4.79 Å². The van der Waals surface area contributed by atoms with Gasteiger partial charge in [0.05, 0.1) is 0 Å². The van der Waals surface area contributed by atoms with Crippen LogP contribution >= 0.6 is 0 Å². The molecule has 3 N–H and O–H groups in total. The van der Waals surface area contributed by atoms with Crippen molar-refractivity contribution >= 4 is 23.7 Å². The molecule has 1 aliphatic heterocycles. The highest BCUT2D eigenvalue weighted by Gasteiger charge is 2.26. The summed E-state index contributed by atoms with van der Waals surface area (Å²) in [6, 6.07) is 5.64. The third kappa shape index (κ3) is 3.69. The van der Waals surface area contributed by atoms with Crippen molar-refractivity contribution in [3.63, 3.8) is 0 Å². The monoisotopic (exact) mass is 304 g/mol. The van der Waals surface area contributed by atoms with Crippen LogP contribution < -0.4 is 10.6 Å². The summed E-state index contributed by atoms with van der Waals surface area (Å²) in [4.78, 5) is 15.9. The number of anilines is 2. The molecule has 0 radical (unpaired) electrons. The first-order valence-corrected chi connectivity index (χ1v) is 7.43. The van der Waals surface area contributed by atoms with Gasteiger partial charge in [-0.15, -0.1) is 0 Å². The lowest BCUT2D eigenvalue weighted by molar-refractivity contribution is 0.0240. The first-order valence-electron chi connectivity index (χ1n) is 7.43. The summed E-state index contributed by atoms with van der Waals surface area (Å²) < 4.78 is 5.39. The number of carbonyl (C=O) groups is 1. The Balaban J connectivity index is 2.02. The molecule has 0 saturated carbocycles. The van der Waals surface area contributed by atoms with E-state index in [1.807, 2.05) is 32.9 Å². The summed E-state index contributed by atoms with van der Waals surface area (Å²) in [6.07, 6.45) is 1.01. The molecule has 6 nitrogen and oxygen atoms in total. The molecule has 6 heteroatoms. The highest BCUT2D eigenvalue weighted by Crippen LogP contribution is 2.25. The van der Waals surface area contributed by atoms with Gasteiger partial charge in [0.1, 0.15) is 5.60 Å². The van der Waals surface area contributed by atoms with E-state index in [1.54, 1.807) is 11.0 Å². The number of piperazine rings is 1. The van der Waals surface area contributed by atoms with Gasteiger partial charge in [-0.1, -0.05) is 6.07 Å². The van der Waals surface area contributed by atoms with Gasteiger partial charge in [0.15, 0.2) is 0 Å². The lowest BCUT2D eigenvalue weighted by atomic mass is 10.1. The predicted molar refractivity (Wildman–Crippen MR) is 88.8 cm³/mol. The smallest absolute Gasteiger partial charge is 0.410 e. The number of benzene rings is 1. The molecule has 120 valence electrons. The zero-order valence-corrected chi connectivity index (χ0v) is 13.4. The second-order valence-corrected chi connectivity index (χ2v) is 6.38. The highest BCUT2D eigenvalue weighted by atomic mass is 16.6. The predicted octanol–water partition coefficient (Wildman–Crippen LogP) is 2.32. The molecule has 0 spiro atoms. The van der Waals surface area contributed by atoms with Gasteiger partial charge in [0, 0.05) is 49.3 Å². The van der Waals surface area contributed by atoms with Crippen LogP contribution in [-0.2, 0) is 4.74 Å². The maximum absolute atomic E-state index is 12.1. The normalized spacial score (nSPS) is 15.6. The van der Waals surface area contributed by atoms with Crippen LogP contribution in [0.5, 0.6) is 0 Å². The second-order valence-electron chi connectivity index (χ2n) is 6.38. The average molecular weight is 304 g/mol. The molecule has 1 heterocycles. The third-order valence-corrected chi connectivity index (χ3v) is 3.53. The van der Waals surface area contributed by atoms with Crippen molar-refractivity contribution in [3.05, 3.63) is 23.8 Å². The van der Waals surface area contributed by atoms with E-state index in [0.29, 0.717) is 31.9 Å². The van der Waals surface area contributed by atoms with E-state index in [2.05, 4.69) is 4.90 Å². The fourth-order valence-corrected chi connectivity index (χ4v) is 2.46. The Morgan fingerprint density at radius 3 is 2.45 bits per heavy atom. The maximum Gasteiger partial charge on any atom is 0.410 e. The van der Waals surface area contributed by atoms with Gasteiger partial charge in [0.2, 0.25) is 0 Å². The number of hydrogen-bond donors (Lipinski definition) is 2. The molecule has 0 atom stereocenters. The molecule has 0 unspecified atom stereocenters. The summed E-state index contributed by atoms with van der Waals surface area (Å²) in [5.74, 6) is 0. The third-order valence-electron chi connectivity index (χ3n) is 3.53. The Bertz CT molecular complexity index is 558. The molecule has 22 heavy (non-hydrogen) atoms. The number of amides is 1. The standard InChI is InChI=1S/C16H24N4O2/c1-16(2,3)22-15(21)20-9-7-19(8-10-20)14-6-4-5-13(18)12(14)11-17/h4-6,11,17H,7-10,18H2,1-3H3. The van der Waals surface area contributed by atoms with Crippen molar-refractivity contribution < 1.29 is 9.53 Å². The van der Waals surface area contributed by atoms with Crippen LogP contribution in [0.1, 0.15) is 26.3 Å². The maximum atomic E-state index is 12.1. The zero-order chi connectivity index (χ0) is 16.3. The molecule has 1 amide bonds. The highest BCUT2D eigenvalue weighted by molar-refractivity contribution is 5.93. The van der Waals surface area contributed by atoms with E-state index in [0.717, 1.165) is 11.3 Å². The minimum Gasteiger partial charge on any atom is -0.444 e.